The predicted octanol–water partition coefficient (Wildman–Crippen LogP) is 4.07. The van der Waals surface area contributed by atoms with Crippen LogP contribution in [-0.4, -0.2) is 43.8 Å². The van der Waals surface area contributed by atoms with E-state index in [2.05, 4.69) is 15.0 Å². The van der Waals surface area contributed by atoms with Gasteiger partial charge in [0.25, 0.3) is 0 Å². The molecule has 1 aromatic rings. The second kappa shape index (κ2) is 10.3. The highest BCUT2D eigenvalue weighted by Gasteiger charge is 2.24. The molecule has 4 nitrogen and oxygen atoms in total. The highest BCUT2D eigenvalue weighted by atomic mass is 35.5. The third kappa shape index (κ3) is 6.56. The Balaban J connectivity index is 0.00000243. The summed E-state index contributed by atoms with van der Waals surface area (Å²) >= 11 is 0. The number of halogens is 3. The molecule has 7 heteroatoms. The van der Waals surface area contributed by atoms with Crippen molar-refractivity contribution in [1.82, 2.24) is 10.2 Å². The molecule has 1 aromatic carbocycles. The number of hydrogen-bond donors (Lipinski definition) is 1. The summed E-state index contributed by atoms with van der Waals surface area (Å²) in [4.78, 5) is 2.41. The SMILES string of the molecule is CCOc1cc(CN2CCC(NCC3CC3)CC2)ccc1OC(F)F.Cl. The number of rotatable bonds is 9. The van der Waals surface area contributed by atoms with Crippen LogP contribution in [0.5, 0.6) is 11.5 Å². The molecule has 3 rings (SSSR count). The van der Waals surface area contributed by atoms with Gasteiger partial charge in [-0.2, -0.15) is 8.78 Å². The van der Waals surface area contributed by atoms with E-state index >= 15 is 0 Å². The molecule has 0 unspecified atom stereocenters. The smallest absolute Gasteiger partial charge is 0.387 e. The first-order valence-corrected chi connectivity index (χ1v) is 9.30. The fraction of sp³-hybridized carbons (Fsp3) is 0.684. The Labute approximate surface area is 160 Å². The predicted molar refractivity (Wildman–Crippen MR) is 101 cm³/mol. The van der Waals surface area contributed by atoms with Gasteiger partial charge in [-0.3, -0.25) is 4.90 Å². The number of hydrogen-bond acceptors (Lipinski definition) is 4. The van der Waals surface area contributed by atoms with Crippen LogP contribution in [0, 0.1) is 5.92 Å². The zero-order valence-electron chi connectivity index (χ0n) is 15.3. The van der Waals surface area contributed by atoms with E-state index in [0.29, 0.717) is 18.4 Å². The third-order valence-electron chi connectivity index (χ3n) is 4.91. The van der Waals surface area contributed by atoms with Crippen LogP contribution in [0.25, 0.3) is 0 Å². The summed E-state index contributed by atoms with van der Waals surface area (Å²) in [5, 5.41) is 3.69. The van der Waals surface area contributed by atoms with Crippen molar-refractivity contribution in [3.8, 4) is 11.5 Å². The zero-order valence-corrected chi connectivity index (χ0v) is 16.1. The fourth-order valence-corrected chi connectivity index (χ4v) is 3.32. The molecule has 1 saturated carbocycles. The lowest BCUT2D eigenvalue weighted by molar-refractivity contribution is -0.0514. The Morgan fingerprint density at radius 3 is 2.50 bits per heavy atom. The van der Waals surface area contributed by atoms with Gasteiger partial charge in [-0.05, 0) is 75.9 Å². The van der Waals surface area contributed by atoms with Crippen LogP contribution in [0.3, 0.4) is 0 Å². The van der Waals surface area contributed by atoms with Gasteiger partial charge in [0, 0.05) is 12.6 Å². The number of nitrogens with zero attached hydrogens (tertiary/aromatic N) is 1. The topological polar surface area (TPSA) is 33.7 Å². The van der Waals surface area contributed by atoms with Crippen LogP contribution < -0.4 is 14.8 Å². The molecule has 1 aliphatic heterocycles. The van der Waals surface area contributed by atoms with E-state index in [9.17, 15) is 8.78 Å². The first-order valence-electron chi connectivity index (χ1n) is 9.30. The minimum atomic E-state index is -2.84. The summed E-state index contributed by atoms with van der Waals surface area (Å²) in [5.74, 6) is 1.41. The van der Waals surface area contributed by atoms with Crippen molar-refractivity contribution >= 4 is 12.4 Å². The van der Waals surface area contributed by atoms with E-state index in [1.807, 2.05) is 19.1 Å². The van der Waals surface area contributed by atoms with Crippen LogP contribution in [0.15, 0.2) is 18.2 Å². The van der Waals surface area contributed by atoms with Crippen LogP contribution in [0.1, 0.15) is 38.2 Å². The molecule has 1 heterocycles. The average molecular weight is 391 g/mol. The van der Waals surface area contributed by atoms with Gasteiger partial charge in [-0.1, -0.05) is 6.07 Å². The second-order valence-corrected chi connectivity index (χ2v) is 6.99. The van der Waals surface area contributed by atoms with Gasteiger partial charge in [0.1, 0.15) is 0 Å². The molecule has 2 aliphatic rings. The van der Waals surface area contributed by atoms with Crippen molar-refractivity contribution in [2.45, 2.75) is 51.8 Å². The Morgan fingerprint density at radius 2 is 1.88 bits per heavy atom. The monoisotopic (exact) mass is 390 g/mol. The van der Waals surface area contributed by atoms with E-state index < -0.39 is 6.61 Å². The maximum Gasteiger partial charge on any atom is 0.387 e. The molecule has 0 spiro atoms. The van der Waals surface area contributed by atoms with Crippen molar-refractivity contribution < 1.29 is 18.3 Å². The first kappa shape index (κ1) is 21.2. The molecule has 1 saturated heterocycles. The van der Waals surface area contributed by atoms with Gasteiger partial charge >= 0.3 is 6.61 Å². The molecule has 0 amide bonds. The molecule has 148 valence electrons. The first-order chi connectivity index (χ1) is 12.1. The van der Waals surface area contributed by atoms with Crippen LogP contribution >= 0.6 is 12.4 Å². The largest absolute Gasteiger partial charge is 0.490 e. The molecule has 0 aromatic heterocycles. The Bertz CT molecular complexity index is 550. The Morgan fingerprint density at radius 1 is 1.15 bits per heavy atom. The van der Waals surface area contributed by atoms with Crippen molar-refractivity contribution in [1.29, 1.82) is 0 Å². The maximum absolute atomic E-state index is 12.5. The summed E-state index contributed by atoms with van der Waals surface area (Å²) in [7, 11) is 0. The Hall–Kier alpha value is -1.11. The summed E-state index contributed by atoms with van der Waals surface area (Å²) in [5.41, 5.74) is 1.06. The minimum absolute atomic E-state index is 0. The molecule has 0 atom stereocenters. The zero-order chi connectivity index (χ0) is 17.6. The number of alkyl halides is 2. The van der Waals surface area contributed by atoms with E-state index in [-0.39, 0.29) is 18.2 Å². The highest BCUT2D eigenvalue weighted by Crippen LogP contribution is 2.31. The Kier molecular flexibility index (Phi) is 8.38. The van der Waals surface area contributed by atoms with Gasteiger partial charge in [0.15, 0.2) is 11.5 Å². The summed E-state index contributed by atoms with van der Waals surface area (Å²) in [6, 6.07) is 5.88. The summed E-state index contributed by atoms with van der Waals surface area (Å²) < 4.78 is 34.9. The van der Waals surface area contributed by atoms with Crippen LogP contribution in [0.4, 0.5) is 8.78 Å². The van der Waals surface area contributed by atoms with Crippen LogP contribution in [-0.2, 0) is 6.54 Å². The second-order valence-electron chi connectivity index (χ2n) is 6.99. The number of nitrogens with one attached hydrogen (secondary N) is 1. The molecular formula is C19H29ClF2N2O2. The molecule has 0 bridgehead atoms. The maximum atomic E-state index is 12.5. The lowest BCUT2D eigenvalue weighted by atomic mass is 10.0. The van der Waals surface area contributed by atoms with Crippen molar-refractivity contribution in [3.63, 3.8) is 0 Å². The van der Waals surface area contributed by atoms with Gasteiger partial charge in [-0.15, -0.1) is 12.4 Å². The van der Waals surface area contributed by atoms with E-state index in [1.165, 1.54) is 19.4 Å². The summed E-state index contributed by atoms with van der Waals surface area (Å²) in [6.45, 7) is 3.51. The standard InChI is InChI=1S/C19H28F2N2O2.ClH/c1-2-24-18-11-15(5-6-17(18)25-19(20)21)13-23-9-7-16(8-10-23)22-12-14-3-4-14;/h5-6,11,14,16,19,22H,2-4,7-10,12-13H2,1H3;1H. The van der Waals surface area contributed by atoms with Crippen molar-refractivity contribution in [3.05, 3.63) is 23.8 Å². The van der Waals surface area contributed by atoms with E-state index in [0.717, 1.165) is 44.0 Å². The van der Waals surface area contributed by atoms with Crippen molar-refractivity contribution in [2.24, 2.45) is 5.92 Å². The summed E-state index contributed by atoms with van der Waals surface area (Å²) in [6.07, 6.45) is 5.10. The van der Waals surface area contributed by atoms with Gasteiger partial charge in [0.2, 0.25) is 0 Å². The quantitative estimate of drug-likeness (QED) is 0.689. The van der Waals surface area contributed by atoms with Crippen molar-refractivity contribution in [2.75, 3.05) is 26.2 Å². The number of ether oxygens (including phenoxy) is 2. The van der Waals surface area contributed by atoms with Gasteiger partial charge in [0.05, 0.1) is 6.61 Å². The van der Waals surface area contributed by atoms with Crippen LogP contribution in [0.2, 0.25) is 0 Å². The molecule has 1 N–H and O–H groups in total. The molecule has 26 heavy (non-hydrogen) atoms. The normalized spacial score (nSPS) is 18.6. The molecule has 1 aliphatic carbocycles. The van der Waals surface area contributed by atoms with Gasteiger partial charge in [-0.25, -0.2) is 0 Å². The minimum Gasteiger partial charge on any atom is -0.490 e. The lowest BCUT2D eigenvalue weighted by Gasteiger charge is -2.32. The van der Waals surface area contributed by atoms with E-state index in [4.69, 9.17) is 4.74 Å². The fourth-order valence-electron chi connectivity index (χ4n) is 3.32. The highest BCUT2D eigenvalue weighted by molar-refractivity contribution is 5.85. The third-order valence-corrected chi connectivity index (χ3v) is 4.91. The molecule has 2 fully saturated rings. The number of benzene rings is 1. The average Bonchev–Trinajstić information content (AvgIpc) is 3.41. The molecular weight excluding hydrogens is 362 g/mol. The van der Waals surface area contributed by atoms with Gasteiger partial charge < -0.3 is 14.8 Å². The number of likely N-dealkylation sites (tertiary alicyclic amines) is 1. The lowest BCUT2D eigenvalue weighted by Crippen LogP contribution is -2.42. The number of piperidine rings is 1. The molecule has 0 radical (unpaired) electrons. The van der Waals surface area contributed by atoms with E-state index in [1.54, 1.807) is 6.07 Å².